The summed E-state index contributed by atoms with van der Waals surface area (Å²) in [6, 6.07) is 9.94. The van der Waals surface area contributed by atoms with Gasteiger partial charge in [-0.1, -0.05) is 48.5 Å². The van der Waals surface area contributed by atoms with Gasteiger partial charge in [-0.15, -0.1) is 0 Å². The molecule has 1 aliphatic heterocycles. The van der Waals surface area contributed by atoms with Crippen molar-refractivity contribution in [3.05, 3.63) is 93.7 Å². The summed E-state index contributed by atoms with van der Waals surface area (Å²) in [6.45, 7) is 9.99. The Hall–Kier alpha value is -2.94. The predicted molar refractivity (Wildman–Crippen MR) is 125 cm³/mol. The highest BCUT2D eigenvalue weighted by Gasteiger charge is 2.32. The van der Waals surface area contributed by atoms with Crippen molar-refractivity contribution >= 4 is 28.8 Å². The molecule has 0 spiro atoms. The Labute approximate surface area is 192 Å². The minimum absolute atomic E-state index is 0.281. The van der Waals surface area contributed by atoms with Crippen molar-refractivity contribution < 1.29 is 0 Å². The number of nitrogens with one attached hydrogen (secondary N) is 1. The van der Waals surface area contributed by atoms with Gasteiger partial charge in [0.15, 0.2) is 0 Å². The lowest BCUT2D eigenvalue weighted by Crippen LogP contribution is -2.26. The number of benzene rings is 1. The lowest BCUT2D eigenvalue weighted by Gasteiger charge is -2.27. The van der Waals surface area contributed by atoms with Crippen LogP contribution in [0.3, 0.4) is 0 Å². The lowest BCUT2D eigenvalue weighted by atomic mass is 9.94. The van der Waals surface area contributed by atoms with Crippen molar-refractivity contribution in [2.75, 3.05) is 7.05 Å². The molecule has 4 rings (SSSR count). The number of nitriles is 1. The third-order valence-corrected chi connectivity index (χ3v) is 6.21. The van der Waals surface area contributed by atoms with Crippen molar-refractivity contribution in [3.63, 3.8) is 0 Å². The van der Waals surface area contributed by atoms with E-state index in [4.69, 9.17) is 28.3 Å². The van der Waals surface area contributed by atoms with Crippen LogP contribution < -0.4 is 5.32 Å². The molecule has 2 aromatic rings. The standard InChI is InChI=1S/C24H23Cl2N5/c1-14(12-27)23-22(16(3)31(29-23)20-9-10-20)24(17-5-7-18(25)8-6-17)28-19-11-21(26)15(2)30(4)13-19/h5-8,11,13,20,24,28H,1-2,9-10H2,3-4H3. The summed E-state index contributed by atoms with van der Waals surface area (Å²) in [7, 11) is 1.90. The fourth-order valence-corrected chi connectivity index (χ4v) is 4.14. The monoisotopic (exact) mass is 451 g/mol. The Morgan fingerprint density at radius 1 is 1.29 bits per heavy atom. The van der Waals surface area contributed by atoms with Gasteiger partial charge >= 0.3 is 0 Å². The fraction of sp³-hybridized carbons (Fsp3) is 0.250. The largest absolute Gasteiger partial charge is 0.373 e. The van der Waals surface area contributed by atoms with Gasteiger partial charge in [0.25, 0.3) is 0 Å². The van der Waals surface area contributed by atoms with Crippen LogP contribution in [-0.4, -0.2) is 21.7 Å². The second-order valence-electron chi connectivity index (χ2n) is 7.88. The number of hydrogen-bond acceptors (Lipinski definition) is 4. The van der Waals surface area contributed by atoms with Crippen LogP contribution in [0.25, 0.3) is 5.57 Å². The molecule has 1 aromatic carbocycles. The third kappa shape index (κ3) is 4.14. The Bertz CT molecular complexity index is 1160. The number of allylic oxidation sites excluding steroid dienone is 3. The number of likely N-dealkylation sites (N-methyl/N-ethyl adjacent to an activating group) is 1. The summed E-state index contributed by atoms with van der Waals surface area (Å²) in [4.78, 5) is 1.87. The molecule has 5 nitrogen and oxygen atoms in total. The minimum Gasteiger partial charge on any atom is -0.373 e. The zero-order chi connectivity index (χ0) is 22.3. The summed E-state index contributed by atoms with van der Waals surface area (Å²) < 4.78 is 2.03. The number of hydrogen-bond donors (Lipinski definition) is 1. The highest BCUT2D eigenvalue weighted by molar-refractivity contribution is 6.32. The second-order valence-corrected chi connectivity index (χ2v) is 8.72. The number of nitrogens with zero attached hydrogens (tertiary/aromatic N) is 4. The molecule has 2 heterocycles. The summed E-state index contributed by atoms with van der Waals surface area (Å²) in [5.41, 5.74) is 5.45. The number of aromatic nitrogens is 2. The van der Waals surface area contributed by atoms with E-state index in [1.54, 1.807) is 0 Å². The average molecular weight is 452 g/mol. The first-order valence-corrected chi connectivity index (χ1v) is 10.8. The molecule has 1 unspecified atom stereocenters. The first kappa shape index (κ1) is 21.3. The number of rotatable bonds is 6. The first-order valence-electron chi connectivity index (χ1n) is 10.0. The molecule has 0 radical (unpaired) electrons. The quantitative estimate of drug-likeness (QED) is 0.562. The van der Waals surface area contributed by atoms with Crippen molar-refractivity contribution in [3.8, 4) is 6.07 Å². The van der Waals surface area contributed by atoms with Crippen LogP contribution in [0.15, 0.2) is 66.1 Å². The van der Waals surface area contributed by atoms with Crippen LogP contribution in [0, 0.1) is 18.3 Å². The molecule has 2 aliphatic rings. The minimum atomic E-state index is -0.281. The molecule has 7 heteroatoms. The van der Waals surface area contributed by atoms with Gasteiger partial charge in [0.2, 0.25) is 0 Å². The van der Waals surface area contributed by atoms with Crippen LogP contribution in [0.4, 0.5) is 0 Å². The van der Waals surface area contributed by atoms with Crippen molar-refractivity contribution in [1.82, 2.24) is 20.0 Å². The first-order chi connectivity index (χ1) is 14.8. The molecule has 158 valence electrons. The second kappa shape index (κ2) is 8.30. The summed E-state index contributed by atoms with van der Waals surface area (Å²) in [5, 5.41) is 19.2. The van der Waals surface area contributed by atoms with E-state index in [0.29, 0.717) is 27.4 Å². The van der Waals surface area contributed by atoms with Gasteiger partial charge in [-0.05, 0) is 43.5 Å². The average Bonchev–Trinajstić information content (AvgIpc) is 3.53. The number of halogens is 2. The van der Waals surface area contributed by atoms with Crippen molar-refractivity contribution in [2.45, 2.75) is 31.8 Å². The molecule has 1 aromatic heterocycles. The summed E-state index contributed by atoms with van der Waals surface area (Å²) in [6.07, 6.45) is 5.98. The van der Waals surface area contributed by atoms with Crippen LogP contribution in [0.5, 0.6) is 0 Å². The van der Waals surface area contributed by atoms with Crippen LogP contribution >= 0.6 is 23.2 Å². The third-order valence-electron chi connectivity index (χ3n) is 5.63. The maximum absolute atomic E-state index is 9.58. The maximum atomic E-state index is 9.58. The van der Waals surface area contributed by atoms with Gasteiger partial charge in [0, 0.05) is 29.5 Å². The van der Waals surface area contributed by atoms with Gasteiger partial charge in [0.1, 0.15) is 11.8 Å². The van der Waals surface area contributed by atoms with E-state index < -0.39 is 0 Å². The highest BCUT2D eigenvalue weighted by atomic mass is 35.5. The molecule has 0 amide bonds. The molecule has 1 fully saturated rings. The van der Waals surface area contributed by atoms with Crippen molar-refractivity contribution in [1.29, 1.82) is 5.26 Å². The fourth-order valence-electron chi connectivity index (χ4n) is 3.76. The molecule has 1 N–H and O–H groups in total. The Morgan fingerprint density at radius 2 is 1.97 bits per heavy atom. The molecule has 31 heavy (non-hydrogen) atoms. The lowest BCUT2D eigenvalue weighted by molar-refractivity contribution is 0.559. The molecule has 1 saturated carbocycles. The van der Waals surface area contributed by atoms with E-state index in [2.05, 4.69) is 24.5 Å². The van der Waals surface area contributed by atoms with E-state index in [1.165, 1.54) is 0 Å². The van der Waals surface area contributed by atoms with E-state index >= 15 is 0 Å². The molecule has 0 saturated heterocycles. The van der Waals surface area contributed by atoms with Gasteiger partial charge in [-0.25, -0.2) is 0 Å². The van der Waals surface area contributed by atoms with Crippen LogP contribution in [0.2, 0.25) is 5.02 Å². The van der Waals surface area contributed by atoms with Gasteiger partial charge in [0.05, 0.1) is 34.1 Å². The maximum Gasteiger partial charge on any atom is 0.108 e. The topological polar surface area (TPSA) is 56.9 Å². The van der Waals surface area contributed by atoms with Crippen molar-refractivity contribution in [2.24, 2.45) is 0 Å². The van der Waals surface area contributed by atoms with Gasteiger partial charge in [-0.2, -0.15) is 10.4 Å². The van der Waals surface area contributed by atoms with E-state index in [0.717, 1.165) is 41.1 Å². The Kier molecular flexibility index (Phi) is 5.70. The van der Waals surface area contributed by atoms with E-state index in [1.807, 2.05) is 60.1 Å². The van der Waals surface area contributed by atoms with E-state index in [-0.39, 0.29) is 6.04 Å². The molecule has 0 bridgehead atoms. The van der Waals surface area contributed by atoms with Crippen LogP contribution in [0.1, 0.15) is 47.4 Å². The summed E-state index contributed by atoms with van der Waals surface area (Å²) >= 11 is 12.5. The zero-order valence-corrected chi connectivity index (χ0v) is 19.0. The molecular formula is C24H23Cl2N5. The van der Waals surface area contributed by atoms with Gasteiger partial charge < -0.3 is 10.2 Å². The highest BCUT2D eigenvalue weighted by Crippen LogP contribution is 2.40. The zero-order valence-electron chi connectivity index (χ0n) is 17.5. The smallest absolute Gasteiger partial charge is 0.108 e. The molecule has 1 atom stereocenters. The Balaban J connectivity index is 1.85. The SMILES string of the molecule is C=C(C#N)c1nn(C2CC2)c(C)c1C(NC1=CN(C)C(=C)C(Cl)=C1)c1ccc(Cl)cc1. The summed E-state index contributed by atoms with van der Waals surface area (Å²) in [5.74, 6) is 0. The Morgan fingerprint density at radius 3 is 2.55 bits per heavy atom. The molecule has 1 aliphatic carbocycles. The van der Waals surface area contributed by atoms with Crippen LogP contribution in [-0.2, 0) is 0 Å². The van der Waals surface area contributed by atoms with E-state index in [9.17, 15) is 5.26 Å². The normalized spacial score (nSPS) is 17.0. The molecular weight excluding hydrogens is 429 g/mol. The van der Waals surface area contributed by atoms with Gasteiger partial charge in [-0.3, -0.25) is 4.68 Å². The predicted octanol–water partition coefficient (Wildman–Crippen LogP) is 5.82.